The van der Waals surface area contributed by atoms with Gasteiger partial charge in [-0.1, -0.05) is 18.2 Å². The molecule has 1 aliphatic carbocycles. The van der Waals surface area contributed by atoms with E-state index in [-0.39, 0.29) is 11.8 Å². The Bertz CT molecular complexity index is 1250. The van der Waals surface area contributed by atoms with Crippen molar-refractivity contribution >= 4 is 34.5 Å². The maximum Gasteiger partial charge on any atom is 0.261 e. The van der Waals surface area contributed by atoms with Crippen molar-refractivity contribution in [3.8, 4) is 10.4 Å². The number of carbonyl (C=O) groups excluding carboxylic acids is 2. The second-order valence-electron chi connectivity index (χ2n) is 8.97. The Labute approximate surface area is 202 Å². The second-order valence-corrected chi connectivity index (χ2v) is 10.0. The molecular formula is C26H26N4O3S. The fourth-order valence-corrected chi connectivity index (χ4v) is 5.75. The average Bonchev–Trinajstić information content (AvgIpc) is 3.63. The van der Waals surface area contributed by atoms with E-state index in [0.717, 1.165) is 58.2 Å². The van der Waals surface area contributed by atoms with Crippen LogP contribution in [0, 0.1) is 0 Å². The number of anilines is 2. The number of benzene rings is 1. The highest BCUT2D eigenvalue weighted by Crippen LogP contribution is 2.42. The SMILES string of the molecule is O=C(NC1CC1)c1cc2c(s1)-c1ccccc1N(C(=O)c1cncc(N3CCOCC3)c1)CC2. The van der Waals surface area contributed by atoms with Crippen LogP contribution in [0.3, 0.4) is 0 Å². The van der Waals surface area contributed by atoms with Crippen LogP contribution in [0.1, 0.15) is 38.4 Å². The molecule has 0 spiro atoms. The number of rotatable bonds is 4. The lowest BCUT2D eigenvalue weighted by Crippen LogP contribution is -2.37. The molecule has 0 atom stereocenters. The Hall–Kier alpha value is -3.23. The molecule has 2 aromatic heterocycles. The Kier molecular flexibility index (Phi) is 5.55. The van der Waals surface area contributed by atoms with Crippen LogP contribution in [0.15, 0.2) is 48.8 Å². The van der Waals surface area contributed by atoms with E-state index in [0.29, 0.717) is 37.8 Å². The Balaban J connectivity index is 1.31. The molecule has 2 aliphatic heterocycles. The van der Waals surface area contributed by atoms with Gasteiger partial charge in [0, 0.05) is 42.3 Å². The van der Waals surface area contributed by atoms with Crippen molar-refractivity contribution in [2.24, 2.45) is 0 Å². The first-order chi connectivity index (χ1) is 16.7. The maximum atomic E-state index is 13.7. The number of fused-ring (bicyclic) bond motifs is 3. The van der Waals surface area contributed by atoms with E-state index >= 15 is 0 Å². The second kappa shape index (κ2) is 8.85. The molecule has 1 aromatic carbocycles. The lowest BCUT2D eigenvalue weighted by atomic mass is 10.1. The summed E-state index contributed by atoms with van der Waals surface area (Å²) in [6.45, 7) is 3.50. The van der Waals surface area contributed by atoms with Gasteiger partial charge >= 0.3 is 0 Å². The summed E-state index contributed by atoms with van der Waals surface area (Å²) >= 11 is 1.52. The molecule has 1 N–H and O–H groups in total. The summed E-state index contributed by atoms with van der Waals surface area (Å²) < 4.78 is 5.45. The summed E-state index contributed by atoms with van der Waals surface area (Å²) in [7, 11) is 0. The van der Waals surface area contributed by atoms with Gasteiger partial charge in [0.2, 0.25) is 0 Å². The summed E-state index contributed by atoms with van der Waals surface area (Å²) in [5, 5.41) is 3.09. The molecule has 3 aromatic rings. The Morgan fingerprint density at radius 1 is 1.06 bits per heavy atom. The minimum Gasteiger partial charge on any atom is -0.378 e. The van der Waals surface area contributed by atoms with E-state index in [4.69, 9.17) is 4.74 Å². The van der Waals surface area contributed by atoms with Gasteiger partial charge in [0.05, 0.1) is 41.2 Å². The van der Waals surface area contributed by atoms with E-state index in [9.17, 15) is 9.59 Å². The number of nitrogens with zero attached hydrogens (tertiary/aromatic N) is 3. The number of hydrogen-bond acceptors (Lipinski definition) is 6. The van der Waals surface area contributed by atoms with Crippen LogP contribution >= 0.6 is 11.3 Å². The highest BCUT2D eigenvalue weighted by molar-refractivity contribution is 7.17. The molecule has 1 saturated carbocycles. The molecule has 4 heterocycles. The molecule has 6 rings (SSSR count). The lowest BCUT2D eigenvalue weighted by Gasteiger charge is -2.29. The third kappa shape index (κ3) is 4.08. The molecule has 7 nitrogen and oxygen atoms in total. The molecule has 2 fully saturated rings. The number of pyridine rings is 1. The highest BCUT2D eigenvalue weighted by Gasteiger charge is 2.29. The standard InChI is InChI=1S/C26H26N4O3S/c31-25(28-19-5-6-19)23-14-17-7-8-30(22-4-2-1-3-21(22)24(17)34-23)26(32)18-13-20(16-27-15-18)29-9-11-33-12-10-29/h1-4,13-16,19H,5-12H2,(H,28,31). The van der Waals surface area contributed by atoms with E-state index in [1.807, 2.05) is 47.5 Å². The Morgan fingerprint density at radius 3 is 2.71 bits per heavy atom. The fraction of sp³-hybridized carbons (Fsp3) is 0.346. The molecule has 0 radical (unpaired) electrons. The minimum absolute atomic E-state index is 0.0111. The highest BCUT2D eigenvalue weighted by atomic mass is 32.1. The first-order valence-corrected chi connectivity index (χ1v) is 12.6. The number of nitrogens with one attached hydrogen (secondary N) is 1. The fourth-order valence-electron chi connectivity index (χ4n) is 4.60. The normalized spacial score (nSPS) is 17.5. The van der Waals surface area contributed by atoms with Crippen molar-refractivity contribution in [2.75, 3.05) is 42.6 Å². The van der Waals surface area contributed by atoms with E-state index in [1.165, 1.54) is 11.3 Å². The van der Waals surface area contributed by atoms with E-state index in [1.54, 1.807) is 6.20 Å². The van der Waals surface area contributed by atoms with Crippen LogP contribution < -0.4 is 15.1 Å². The summed E-state index contributed by atoms with van der Waals surface area (Å²) in [5.74, 6) is -0.0473. The van der Waals surface area contributed by atoms with Gasteiger partial charge in [0.15, 0.2) is 0 Å². The zero-order chi connectivity index (χ0) is 23.1. The van der Waals surface area contributed by atoms with Gasteiger partial charge in [-0.25, -0.2) is 0 Å². The molecule has 1 saturated heterocycles. The molecule has 0 bridgehead atoms. The van der Waals surface area contributed by atoms with Crippen molar-refractivity contribution in [2.45, 2.75) is 25.3 Å². The molecule has 174 valence electrons. The zero-order valence-corrected chi connectivity index (χ0v) is 19.6. The predicted molar refractivity (Wildman–Crippen MR) is 133 cm³/mol. The van der Waals surface area contributed by atoms with Crippen molar-refractivity contribution < 1.29 is 14.3 Å². The number of aromatic nitrogens is 1. The smallest absolute Gasteiger partial charge is 0.261 e. The number of amides is 2. The summed E-state index contributed by atoms with van der Waals surface area (Å²) in [6.07, 6.45) is 6.29. The van der Waals surface area contributed by atoms with Crippen LogP contribution in [-0.2, 0) is 11.2 Å². The molecular weight excluding hydrogens is 448 g/mol. The molecule has 0 unspecified atom stereocenters. The van der Waals surface area contributed by atoms with Crippen molar-refractivity contribution in [3.05, 3.63) is 64.8 Å². The van der Waals surface area contributed by atoms with Gasteiger partial charge in [0.1, 0.15) is 0 Å². The summed E-state index contributed by atoms with van der Waals surface area (Å²) in [6, 6.07) is 12.2. The molecule has 34 heavy (non-hydrogen) atoms. The van der Waals surface area contributed by atoms with Crippen molar-refractivity contribution in [1.29, 1.82) is 0 Å². The maximum absolute atomic E-state index is 13.7. The number of hydrogen-bond donors (Lipinski definition) is 1. The van der Waals surface area contributed by atoms with Crippen LogP contribution in [0.5, 0.6) is 0 Å². The third-order valence-electron chi connectivity index (χ3n) is 6.58. The summed E-state index contributed by atoms with van der Waals surface area (Å²) in [5.41, 5.74) is 4.51. The van der Waals surface area contributed by atoms with E-state index in [2.05, 4.69) is 15.2 Å². The first-order valence-electron chi connectivity index (χ1n) is 11.8. The van der Waals surface area contributed by atoms with E-state index < -0.39 is 0 Å². The quantitative estimate of drug-likeness (QED) is 0.624. The van der Waals surface area contributed by atoms with Crippen molar-refractivity contribution in [1.82, 2.24) is 10.3 Å². The third-order valence-corrected chi connectivity index (χ3v) is 7.79. The average molecular weight is 475 g/mol. The summed E-state index contributed by atoms with van der Waals surface area (Å²) in [4.78, 5) is 36.6. The number of morpholine rings is 1. The predicted octanol–water partition coefficient (Wildman–Crippen LogP) is 3.74. The topological polar surface area (TPSA) is 74.8 Å². The molecule has 8 heteroatoms. The molecule has 2 amide bonds. The van der Waals surface area contributed by atoms with Crippen LogP contribution in [0.2, 0.25) is 0 Å². The van der Waals surface area contributed by atoms with Gasteiger partial charge in [-0.05, 0) is 43.0 Å². The zero-order valence-electron chi connectivity index (χ0n) is 18.8. The van der Waals surface area contributed by atoms with Crippen LogP contribution in [0.4, 0.5) is 11.4 Å². The van der Waals surface area contributed by atoms with Crippen molar-refractivity contribution in [3.63, 3.8) is 0 Å². The van der Waals surface area contributed by atoms with Gasteiger partial charge in [-0.2, -0.15) is 0 Å². The van der Waals surface area contributed by atoms with Gasteiger partial charge in [-0.15, -0.1) is 11.3 Å². The number of thiophene rings is 1. The largest absolute Gasteiger partial charge is 0.378 e. The number of carbonyl (C=O) groups is 2. The Morgan fingerprint density at radius 2 is 1.88 bits per heavy atom. The van der Waals surface area contributed by atoms with Crippen LogP contribution in [0.25, 0.3) is 10.4 Å². The first kappa shape index (κ1) is 21.3. The molecule has 3 aliphatic rings. The van der Waals surface area contributed by atoms with Gasteiger partial charge in [-0.3, -0.25) is 14.6 Å². The van der Waals surface area contributed by atoms with Gasteiger partial charge in [0.25, 0.3) is 11.8 Å². The minimum atomic E-state index is -0.0584. The number of ether oxygens (including phenoxy) is 1. The number of para-hydroxylation sites is 1. The van der Waals surface area contributed by atoms with Crippen LogP contribution in [-0.4, -0.2) is 55.7 Å². The lowest BCUT2D eigenvalue weighted by molar-refractivity contribution is 0.0952. The van der Waals surface area contributed by atoms with Gasteiger partial charge < -0.3 is 19.9 Å². The monoisotopic (exact) mass is 474 g/mol.